The van der Waals surface area contributed by atoms with Gasteiger partial charge in [-0.15, -0.1) is 11.3 Å². The van der Waals surface area contributed by atoms with Crippen molar-refractivity contribution in [2.45, 2.75) is 6.54 Å². The minimum Gasteiger partial charge on any atom is -0.491 e. The molecule has 2 heterocycles. The lowest BCUT2D eigenvalue weighted by Crippen LogP contribution is -2.22. The van der Waals surface area contributed by atoms with Gasteiger partial charge in [0.05, 0.1) is 29.4 Å². The Morgan fingerprint density at radius 1 is 1.11 bits per heavy atom. The molecule has 0 aliphatic heterocycles. The van der Waals surface area contributed by atoms with Crippen LogP contribution in [0.25, 0.3) is 20.7 Å². The number of fused-ring (bicyclic) bond motifs is 1. The molecule has 28 heavy (non-hydrogen) atoms. The Bertz CT molecular complexity index is 1200. The molecule has 140 valence electrons. The van der Waals surface area contributed by atoms with Crippen LogP contribution in [-0.4, -0.2) is 21.1 Å². The van der Waals surface area contributed by atoms with Gasteiger partial charge in [0.15, 0.2) is 0 Å². The fraction of sp³-hybridized carbons (Fsp3) is 0.100. The van der Waals surface area contributed by atoms with Crippen LogP contribution in [-0.2, 0) is 6.54 Å². The third kappa shape index (κ3) is 3.63. The lowest BCUT2D eigenvalue weighted by molar-refractivity contribution is -0.384. The number of thiophene rings is 1. The maximum Gasteiger partial charge on any atom is 0.273 e. The van der Waals surface area contributed by atoms with Crippen LogP contribution in [0, 0.1) is 10.1 Å². The second-order valence-electron chi connectivity index (χ2n) is 6.04. The molecule has 0 atom stereocenters. The van der Waals surface area contributed by atoms with E-state index in [1.54, 1.807) is 12.1 Å². The van der Waals surface area contributed by atoms with E-state index in [9.17, 15) is 14.9 Å². The number of hydrogen-bond donors (Lipinski definition) is 0. The molecule has 0 N–H and O–H groups in total. The fourth-order valence-corrected chi connectivity index (χ4v) is 3.86. The zero-order valence-electron chi connectivity index (χ0n) is 14.6. The molecule has 0 fully saturated rings. The molecule has 0 aliphatic rings. The van der Waals surface area contributed by atoms with Crippen molar-refractivity contribution in [3.05, 3.63) is 87.5 Å². The van der Waals surface area contributed by atoms with Gasteiger partial charge >= 0.3 is 0 Å². The van der Waals surface area contributed by atoms with Crippen LogP contribution in [0.2, 0.25) is 0 Å². The van der Waals surface area contributed by atoms with E-state index in [1.165, 1.54) is 34.4 Å². The number of nitrogens with zero attached hydrogens (tertiary/aromatic N) is 3. The number of rotatable bonds is 6. The SMILES string of the molecule is O=c1c2sc(-c3ccccc3)cc2ncn1CCOc1cccc([N+](=O)[O-])c1. The molecule has 4 rings (SSSR count). The average molecular weight is 393 g/mol. The molecule has 0 radical (unpaired) electrons. The van der Waals surface area contributed by atoms with Gasteiger partial charge in [-0.3, -0.25) is 19.5 Å². The number of nitro benzene ring substituents is 1. The molecule has 0 saturated heterocycles. The van der Waals surface area contributed by atoms with Crippen LogP contribution in [0.4, 0.5) is 5.69 Å². The summed E-state index contributed by atoms with van der Waals surface area (Å²) < 4.78 is 7.64. The molecule has 0 aliphatic carbocycles. The molecular weight excluding hydrogens is 378 g/mol. The first-order valence-electron chi connectivity index (χ1n) is 8.53. The predicted octanol–water partition coefficient (Wildman–Crippen LogP) is 4.11. The van der Waals surface area contributed by atoms with E-state index in [4.69, 9.17) is 4.74 Å². The standard InChI is InChI=1S/C20H15N3O4S/c24-20-19-17(12-18(28-19)14-5-2-1-3-6-14)21-13-22(20)9-10-27-16-8-4-7-15(11-16)23(25)26/h1-8,11-13H,9-10H2. The van der Waals surface area contributed by atoms with E-state index in [0.717, 1.165) is 10.4 Å². The van der Waals surface area contributed by atoms with Gasteiger partial charge in [-0.25, -0.2) is 4.98 Å². The smallest absolute Gasteiger partial charge is 0.273 e. The molecule has 2 aromatic carbocycles. The monoisotopic (exact) mass is 393 g/mol. The van der Waals surface area contributed by atoms with E-state index in [2.05, 4.69) is 4.98 Å². The predicted molar refractivity (Wildman–Crippen MR) is 108 cm³/mol. The summed E-state index contributed by atoms with van der Waals surface area (Å²) in [5, 5.41) is 10.8. The number of ether oxygens (including phenoxy) is 1. The lowest BCUT2D eigenvalue weighted by atomic mass is 10.2. The molecule has 2 aromatic heterocycles. The first kappa shape index (κ1) is 17.9. The van der Waals surface area contributed by atoms with Gasteiger partial charge < -0.3 is 4.74 Å². The largest absolute Gasteiger partial charge is 0.491 e. The fourth-order valence-electron chi connectivity index (χ4n) is 2.80. The molecule has 0 amide bonds. The molecule has 0 bridgehead atoms. The lowest BCUT2D eigenvalue weighted by Gasteiger charge is -2.07. The highest BCUT2D eigenvalue weighted by Crippen LogP contribution is 2.30. The van der Waals surface area contributed by atoms with Crippen molar-refractivity contribution >= 4 is 27.2 Å². The molecule has 0 saturated carbocycles. The van der Waals surface area contributed by atoms with Crippen molar-refractivity contribution in [2.24, 2.45) is 0 Å². The van der Waals surface area contributed by atoms with Crippen LogP contribution >= 0.6 is 11.3 Å². The second kappa shape index (κ2) is 7.61. The van der Waals surface area contributed by atoms with Gasteiger partial charge in [-0.1, -0.05) is 36.4 Å². The van der Waals surface area contributed by atoms with E-state index in [-0.39, 0.29) is 17.9 Å². The van der Waals surface area contributed by atoms with Crippen molar-refractivity contribution < 1.29 is 9.66 Å². The molecule has 4 aromatic rings. The van der Waals surface area contributed by atoms with Crippen LogP contribution in [0.15, 0.2) is 71.8 Å². The van der Waals surface area contributed by atoms with Crippen LogP contribution < -0.4 is 10.3 Å². The summed E-state index contributed by atoms with van der Waals surface area (Å²) in [6, 6.07) is 17.7. The summed E-state index contributed by atoms with van der Waals surface area (Å²) in [5.41, 5.74) is 1.56. The zero-order chi connectivity index (χ0) is 19.5. The first-order valence-corrected chi connectivity index (χ1v) is 9.35. The topological polar surface area (TPSA) is 87.3 Å². The highest BCUT2D eigenvalue weighted by Gasteiger charge is 2.11. The second-order valence-corrected chi connectivity index (χ2v) is 7.09. The van der Waals surface area contributed by atoms with Crippen molar-refractivity contribution in [2.75, 3.05) is 6.61 Å². The van der Waals surface area contributed by atoms with Gasteiger partial charge in [-0.2, -0.15) is 0 Å². The van der Waals surface area contributed by atoms with E-state index in [0.29, 0.717) is 22.5 Å². The van der Waals surface area contributed by atoms with E-state index < -0.39 is 4.92 Å². The zero-order valence-corrected chi connectivity index (χ0v) is 15.5. The highest BCUT2D eigenvalue weighted by atomic mass is 32.1. The summed E-state index contributed by atoms with van der Waals surface area (Å²) in [6.45, 7) is 0.494. The summed E-state index contributed by atoms with van der Waals surface area (Å²) in [4.78, 5) is 28.5. The Labute approximate surface area is 163 Å². The van der Waals surface area contributed by atoms with Crippen LogP contribution in [0.1, 0.15) is 0 Å². The summed E-state index contributed by atoms with van der Waals surface area (Å²) >= 11 is 1.41. The van der Waals surface area contributed by atoms with E-state index >= 15 is 0 Å². The van der Waals surface area contributed by atoms with E-state index in [1.807, 2.05) is 36.4 Å². The van der Waals surface area contributed by atoms with Crippen molar-refractivity contribution in [1.29, 1.82) is 0 Å². The van der Waals surface area contributed by atoms with Gasteiger partial charge in [0.2, 0.25) is 0 Å². The first-order chi connectivity index (χ1) is 13.6. The Kier molecular flexibility index (Phi) is 4.86. The maximum atomic E-state index is 12.7. The Balaban J connectivity index is 1.52. The minimum absolute atomic E-state index is 0.0372. The van der Waals surface area contributed by atoms with Crippen molar-refractivity contribution in [3.8, 4) is 16.2 Å². The average Bonchev–Trinajstić information content (AvgIpc) is 3.16. The summed E-state index contributed by atoms with van der Waals surface area (Å²) in [6.07, 6.45) is 1.50. The number of non-ortho nitro benzene ring substituents is 1. The number of hydrogen-bond acceptors (Lipinski definition) is 6. The Morgan fingerprint density at radius 2 is 1.93 bits per heavy atom. The molecule has 0 spiro atoms. The Morgan fingerprint density at radius 3 is 2.71 bits per heavy atom. The van der Waals surface area contributed by atoms with Crippen molar-refractivity contribution in [3.63, 3.8) is 0 Å². The van der Waals surface area contributed by atoms with Gasteiger partial charge in [0, 0.05) is 10.9 Å². The van der Waals surface area contributed by atoms with Crippen LogP contribution in [0.5, 0.6) is 5.75 Å². The molecule has 0 unspecified atom stereocenters. The third-order valence-electron chi connectivity index (χ3n) is 4.19. The van der Waals surface area contributed by atoms with Gasteiger partial charge in [-0.05, 0) is 17.7 Å². The quantitative estimate of drug-likeness (QED) is 0.363. The van der Waals surface area contributed by atoms with Gasteiger partial charge in [0.1, 0.15) is 17.1 Å². The van der Waals surface area contributed by atoms with Gasteiger partial charge in [0.25, 0.3) is 11.2 Å². The van der Waals surface area contributed by atoms with Crippen molar-refractivity contribution in [1.82, 2.24) is 9.55 Å². The maximum absolute atomic E-state index is 12.7. The third-order valence-corrected chi connectivity index (χ3v) is 5.35. The number of aromatic nitrogens is 2. The molecule has 8 heteroatoms. The minimum atomic E-state index is -0.476. The van der Waals surface area contributed by atoms with Crippen LogP contribution in [0.3, 0.4) is 0 Å². The normalized spacial score (nSPS) is 10.9. The highest BCUT2D eigenvalue weighted by molar-refractivity contribution is 7.22. The summed E-state index contributed by atoms with van der Waals surface area (Å²) in [5.74, 6) is 0.388. The molecule has 7 nitrogen and oxygen atoms in total. The molecular formula is C20H15N3O4S. The summed E-state index contributed by atoms with van der Waals surface area (Å²) in [7, 11) is 0. The number of nitro groups is 1. The number of benzene rings is 2. The Hall–Kier alpha value is -3.52.